The van der Waals surface area contributed by atoms with Gasteiger partial charge in [0, 0.05) is 12.2 Å². The summed E-state index contributed by atoms with van der Waals surface area (Å²) in [5, 5.41) is 13.6. The van der Waals surface area contributed by atoms with Crippen LogP contribution in [-0.4, -0.2) is 16.1 Å². The van der Waals surface area contributed by atoms with Crippen LogP contribution >= 0.6 is 0 Å². The number of hydrogen-bond acceptors (Lipinski definition) is 4. The van der Waals surface area contributed by atoms with E-state index in [-0.39, 0.29) is 17.4 Å². The van der Waals surface area contributed by atoms with Gasteiger partial charge < -0.3 is 10.6 Å². The van der Waals surface area contributed by atoms with Crippen molar-refractivity contribution in [3.8, 4) is 0 Å². The van der Waals surface area contributed by atoms with Crippen molar-refractivity contribution >= 4 is 17.4 Å². The van der Waals surface area contributed by atoms with Gasteiger partial charge in [0.05, 0.1) is 0 Å². The fourth-order valence-electron chi connectivity index (χ4n) is 2.33. The minimum atomic E-state index is -0.342. The zero-order valence-electron chi connectivity index (χ0n) is 13.7. The minimum absolute atomic E-state index is 0.220. The lowest BCUT2D eigenvalue weighted by Crippen LogP contribution is -2.24. The van der Waals surface area contributed by atoms with E-state index < -0.39 is 0 Å². The van der Waals surface area contributed by atoms with Gasteiger partial charge >= 0.3 is 0 Å². The number of aromatic nitrogens is 2. The van der Waals surface area contributed by atoms with Crippen LogP contribution in [0.15, 0.2) is 60.7 Å². The summed E-state index contributed by atoms with van der Waals surface area (Å²) in [6, 6.07) is 17.1. The van der Waals surface area contributed by atoms with E-state index in [4.69, 9.17) is 0 Å². The van der Waals surface area contributed by atoms with E-state index >= 15 is 0 Å². The molecule has 3 rings (SSSR count). The number of nitrogens with zero attached hydrogens (tertiary/aromatic N) is 2. The molecule has 0 aliphatic carbocycles. The molecule has 0 bridgehead atoms. The zero-order chi connectivity index (χ0) is 17.6. The number of nitrogens with one attached hydrogen (secondary N) is 2. The molecule has 6 heteroatoms. The highest BCUT2D eigenvalue weighted by Gasteiger charge is 2.08. The Morgan fingerprint density at radius 3 is 2.60 bits per heavy atom. The van der Waals surface area contributed by atoms with Gasteiger partial charge in [-0.25, -0.2) is 4.39 Å². The molecule has 0 atom stereocenters. The van der Waals surface area contributed by atoms with E-state index in [2.05, 4.69) is 20.8 Å². The van der Waals surface area contributed by atoms with Crippen molar-refractivity contribution in [2.24, 2.45) is 0 Å². The Balaban J connectivity index is 1.60. The predicted octanol–water partition coefficient (Wildman–Crippen LogP) is 3.60. The van der Waals surface area contributed by atoms with Gasteiger partial charge in [0.25, 0.3) is 5.91 Å². The summed E-state index contributed by atoms with van der Waals surface area (Å²) in [5.74, 6) is -0.211. The fraction of sp³-hybridized carbons (Fsp3) is 0.105. The number of anilines is 2. The second-order valence-electron chi connectivity index (χ2n) is 5.61. The van der Waals surface area contributed by atoms with Crippen LogP contribution < -0.4 is 10.6 Å². The van der Waals surface area contributed by atoms with Crippen molar-refractivity contribution in [1.29, 1.82) is 0 Å². The van der Waals surface area contributed by atoms with Gasteiger partial charge in [0.15, 0.2) is 11.5 Å². The van der Waals surface area contributed by atoms with Crippen LogP contribution in [0.1, 0.15) is 21.6 Å². The highest BCUT2D eigenvalue weighted by Crippen LogP contribution is 2.14. The lowest BCUT2D eigenvalue weighted by molar-refractivity contribution is 0.0945. The average molecular weight is 336 g/mol. The van der Waals surface area contributed by atoms with Crippen LogP contribution in [0.3, 0.4) is 0 Å². The predicted molar refractivity (Wildman–Crippen MR) is 94.1 cm³/mol. The number of amides is 1. The molecule has 0 unspecified atom stereocenters. The Morgan fingerprint density at radius 1 is 1.04 bits per heavy atom. The molecule has 5 nitrogen and oxygen atoms in total. The summed E-state index contributed by atoms with van der Waals surface area (Å²) in [6.07, 6.45) is 0. The normalized spacial score (nSPS) is 10.3. The van der Waals surface area contributed by atoms with Crippen LogP contribution in [0.4, 0.5) is 15.9 Å². The van der Waals surface area contributed by atoms with Gasteiger partial charge in [-0.05, 0) is 42.8 Å². The standard InChI is InChI=1S/C19H17FN4O/c1-13-4-2-5-14(10-13)12-21-19(25)17-8-9-18(24-23-17)22-16-7-3-6-15(20)11-16/h2-11H,12H2,1H3,(H,21,25)(H,22,24). The molecule has 0 fully saturated rings. The summed E-state index contributed by atoms with van der Waals surface area (Å²) in [6.45, 7) is 2.42. The van der Waals surface area contributed by atoms with Gasteiger partial charge in [0.2, 0.25) is 0 Å². The summed E-state index contributed by atoms with van der Waals surface area (Å²) in [5.41, 5.74) is 2.94. The maximum absolute atomic E-state index is 13.2. The van der Waals surface area contributed by atoms with Crippen LogP contribution in [-0.2, 0) is 6.54 Å². The third-order valence-electron chi connectivity index (χ3n) is 3.53. The van der Waals surface area contributed by atoms with E-state index in [9.17, 15) is 9.18 Å². The number of aryl methyl sites for hydroxylation is 1. The molecular weight excluding hydrogens is 319 g/mol. The molecule has 1 amide bonds. The Morgan fingerprint density at radius 2 is 1.88 bits per heavy atom. The molecule has 126 valence electrons. The molecule has 0 spiro atoms. The number of carbonyl (C=O) groups excluding carboxylic acids is 1. The topological polar surface area (TPSA) is 66.9 Å². The highest BCUT2D eigenvalue weighted by atomic mass is 19.1. The van der Waals surface area contributed by atoms with Crippen LogP contribution in [0, 0.1) is 12.7 Å². The van der Waals surface area contributed by atoms with Crippen molar-refractivity contribution in [1.82, 2.24) is 15.5 Å². The first-order valence-corrected chi connectivity index (χ1v) is 7.80. The molecule has 25 heavy (non-hydrogen) atoms. The van der Waals surface area contributed by atoms with E-state index in [0.29, 0.717) is 18.1 Å². The monoisotopic (exact) mass is 336 g/mol. The molecule has 1 aromatic heterocycles. The minimum Gasteiger partial charge on any atom is -0.347 e. The van der Waals surface area contributed by atoms with Crippen molar-refractivity contribution < 1.29 is 9.18 Å². The van der Waals surface area contributed by atoms with E-state index in [1.54, 1.807) is 24.3 Å². The van der Waals surface area contributed by atoms with Crippen molar-refractivity contribution in [2.75, 3.05) is 5.32 Å². The van der Waals surface area contributed by atoms with Gasteiger partial charge in [-0.3, -0.25) is 4.79 Å². The van der Waals surface area contributed by atoms with E-state index in [1.165, 1.54) is 12.1 Å². The molecule has 0 aliphatic heterocycles. The molecular formula is C19H17FN4O. The SMILES string of the molecule is Cc1cccc(CNC(=O)c2ccc(Nc3cccc(F)c3)nn2)c1. The Labute approximate surface area is 144 Å². The summed E-state index contributed by atoms with van der Waals surface area (Å²) < 4.78 is 13.2. The molecule has 0 saturated carbocycles. The van der Waals surface area contributed by atoms with Crippen molar-refractivity contribution in [3.63, 3.8) is 0 Å². The lowest BCUT2D eigenvalue weighted by atomic mass is 10.1. The maximum Gasteiger partial charge on any atom is 0.272 e. The molecule has 1 heterocycles. The smallest absolute Gasteiger partial charge is 0.272 e. The first kappa shape index (κ1) is 16.6. The number of halogens is 1. The highest BCUT2D eigenvalue weighted by molar-refractivity contribution is 5.92. The second kappa shape index (κ2) is 7.53. The molecule has 0 radical (unpaired) electrons. The van der Waals surface area contributed by atoms with Crippen molar-refractivity contribution in [2.45, 2.75) is 13.5 Å². The Kier molecular flexibility index (Phi) is 4.99. The molecule has 2 aromatic carbocycles. The number of benzene rings is 2. The van der Waals surface area contributed by atoms with Gasteiger partial charge in [-0.2, -0.15) is 0 Å². The maximum atomic E-state index is 13.2. The third-order valence-corrected chi connectivity index (χ3v) is 3.53. The fourth-order valence-corrected chi connectivity index (χ4v) is 2.33. The van der Waals surface area contributed by atoms with Gasteiger partial charge in [-0.1, -0.05) is 35.9 Å². The van der Waals surface area contributed by atoms with Crippen LogP contribution in [0.2, 0.25) is 0 Å². The van der Waals surface area contributed by atoms with Crippen LogP contribution in [0.25, 0.3) is 0 Å². The molecule has 3 aromatic rings. The second-order valence-corrected chi connectivity index (χ2v) is 5.61. The number of rotatable bonds is 5. The first-order chi connectivity index (χ1) is 12.1. The lowest BCUT2D eigenvalue weighted by Gasteiger charge is -2.07. The third kappa shape index (κ3) is 4.60. The van der Waals surface area contributed by atoms with E-state index in [1.807, 2.05) is 31.2 Å². The molecule has 2 N–H and O–H groups in total. The van der Waals surface area contributed by atoms with Crippen LogP contribution in [0.5, 0.6) is 0 Å². The first-order valence-electron chi connectivity index (χ1n) is 7.80. The molecule has 0 saturated heterocycles. The molecule has 0 aliphatic rings. The number of carbonyl (C=O) groups is 1. The number of hydrogen-bond donors (Lipinski definition) is 2. The average Bonchev–Trinajstić information content (AvgIpc) is 2.60. The zero-order valence-corrected chi connectivity index (χ0v) is 13.7. The summed E-state index contributed by atoms with van der Waals surface area (Å²) in [4.78, 5) is 12.1. The Bertz CT molecular complexity index is 881. The largest absolute Gasteiger partial charge is 0.347 e. The van der Waals surface area contributed by atoms with Crippen molar-refractivity contribution in [3.05, 3.63) is 83.3 Å². The summed E-state index contributed by atoms with van der Waals surface area (Å²) >= 11 is 0. The summed E-state index contributed by atoms with van der Waals surface area (Å²) in [7, 11) is 0. The van der Waals surface area contributed by atoms with Gasteiger partial charge in [-0.15, -0.1) is 10.2 Å². The quantitative estimate of drug-likeness (QED) is 0.747. The Hall–Kier alpha value is -3.28. The van der Waals surface area contributed by atoms with E-state index in [0.717, 1.165) is 11.1 Å². The van der Waals surface area contributed by atoms with Gasteiger partial charge in [0.1, 0.15) is 5.82 Å².